The molecule has 0 bridgehead atoms. The van der Waals surface area contributed by atoms with Crippen molar-refractivity contribution in [2.75, 3.05) is 5.32 Å². The molecule has 2 aromatic rings. The van der Waals surface area contributed by atoms with Crippen molar-refractivity contribution < 1.29 is 23.1 Å². The fraction of sp³-hybridized carbons (Fsp3) is 0.235. The van der Waals surface area contributed by atoms with E-state index < -0.39 is 23.4 Å². The fourth-order valence-corrected chi connectivity index (χ4v) is 2.65. The first-order chi connectivity index (χ1) is 12.0. The highest BCUT2D eigenvalue weighted by molar-refractivity contribution is 6.39. The number of hydrogen-bond donors (Lipinski definition) is 3. The molecule has 4 nitrogen and oxygen atoms in total. The highest BCUT2D eigenvalue weighted by Gasteiger charge is 2.51. The molecule has 2 amide bonds. The lowest BCUT2D eigenvalue weighted by atomic mass is 9.95. The van der Waals surface area contributed by atoms with Gasteiger partial charge in [-0.1, -0.05) is 53.5 Å². The summed E-state index contributed by atoms with van der Waals surface area (Å²) in [4.78, 5) is 12.0. The number of aliphatic hydroxyl groups is 1. The average molecular weight is 407 g/mol. The van der Waals surface area contributed by atoms with Crippen molar-refractivity contribution in [3.05, 3.63) is 63.6 Å². The van der Waals surface area contributed by atoms with Gasteiger partial charge < -0.3 is 15.7 Å². The van der Waals surface area contributed by atoms with Gasteiger partial charge in [0.1, 0.15) is 0 Å². The number of alkyl halides is 3. The van der Waals surface area contributed by atoms with Gasteiger partial charge in [0.2, 0.25) is 0 Å². The Balaban J connectivity index is 2.14. The van der Waals surface area contributed by atoms with E-state index in [9.17, 15) is 23.1 Å². The molecule has 0 saturated heterocycles. The molecule has 2 aromatic carbocycles. The molecule has 0 aliphatic rings. The molecule has 0 radical (unpaired) electrons. The highest BCUT2D eigenvalue weighted by Crippen LogP contribution is 2.42. The van der Waals surface area contributed by atoms with Crippen molar-refractivity contribution in [3.8, 4) is 0 Å². The molecule has 0 heterocycles. The Labute approximate surface area is 157 Å². The van der Waals surface area contributed by atoms with Crippen molar-refractivity contribution in [1.82, 2.24) is 5.32 Å². The number of urea groups is 1. The predicted molar refractivity (Wildman–Crippen MR) is 94.4 cm³/mol. The van der Waals surface area contributed by atoms with Crippen LogP contribution in [0.2, 0.25) is 10.0 Å². The summed E-state index contributed by atoms with van der Waals surface area (Å²) in [5.41, 5.74) is -2.86. The van der Waals surface area contributed by atoms with E-state index in [1.54, 1.807) is 0 Å². The first-order valence-corrected chi connectivity index (χ1v) is 8.15. The van der Waals surface area contributed by atoms with Crippen LogP contribution in [0.4, 0.5) is 23.7 Å². The van der Waals surface area contributed by atoms with Gasteiger partial charge in [-0.3, -0.25) is 0 Å². The monoisotopic (exact) mass is 406 g/mol. The largest absolute Gasteiger partial charge is 0.421 e. The zero-order valence-corrected chi connectivity index (χ0v) is 15.0. The Morgan fingerprint density at radius 1 is 1.12 bits per heavy atom. The molecule has 0 aliphatic carbocycles. The Kier molecular flexibility index (Phi) is 6.05. The number of carbonyl (C=O) groups is 1. The maximum atomic E-state index is 12.9. The Morgan fingerprint density at radius 2 is 1.65 bits per heavy atom. The number of nitrogens with one attached hydrogen (secondary N) is 2. The third kappa shape index (κ3) is 4.60. The third-order valence-corrected chi connectivity index (χ3v) is 4.29. The molecule has 140 valence electrons. The number of hydrogen-bond acceptors (Lipinski definition) is 2. The van der Waals surface area contributed by atoms with E-state index in [4.69, 9.17) is 23.2 Å². The highest BCUT2D eigenvalue weighted by atomic mass is 35.5. The van der Waals surface area contributed by atoms with Crippen LogP contribution in [0.25, 0.3) is 0 Å². The van der Waals surface area contributed by atoms with E-state index in [1.165, 1.54) is 0 Å². The van der Waals surface area contributed by atoms with Crippen LogP contribution in [0.15, 0.2) is 42.5 Å². The van der Waals surface area contributed by atoms with Gasteiger partial charge in [0.15, 0.2) is 5.60 Å². The van der Waals surface area contributed by atoms with Gasteiger partial charge in [-0.15, -0.1) is 0 Å². The van der Waals surface area contributed by atoms with Gasteiger partial charge in [0, 0.05) is 6.54 Å². The second kappa shape index (κ2) is 7.73. The summed E-state index contributed by atoms with van der Waals surface area (Å²) in [6.45, 7) is 0.831. The predicted octanol–water partition coefficient (Wildman–Crippen LogP) is 5.08. The average Bonchev–Trinajstić information content (AvgIpc) is 2.56. The molecular formula is C17H15Cl2F3N2O2. The lowest BCUT2D eigenvalue weighted by Gasteiger charge is -2.27. The van der Waals surface area contributed by atoms with Crippen LogP contribution in [0.1, 0.15) is 18.1 Å². The number of amides is 2. The molecule has 0 aliphatic heterocycles. The molecule has 0 fully saturated rings. The lowest BCUT2D eigenvalue weighted by molar-refractivity contribution is -0.258. The Bertz CT molecular complexity index is 773. The van der Waals surface area contributed by atoms with Crippen molar-refractivity contribution in [3.63, 3.8) is 0 Å². The fourth-order valence-electron chi connectivity index (χ4n) is 2.07. The van der Waals surface area contributed by atoms with Crippen molar-refractivity contribution in [2.24, 2.45) is 0 Å². The van der Waals surface area contributed by atoms with Crippen molar-refractivity contribution in [1.29, 1.82) is 0 Å². The van der Waals surface area contributed by atoms with Gasteiger partial charge >= 0.3 is 12.2 Å². The third-order valence-electron chi connectivity index (χ3n) is 3.69. The van der Waals surface area contributed by atoms with Crippen molar-refractivity contribution in [2.45, 2.75) is 25.2 Å². The topological polar surface area (TPSA) is 61.4 Å². The molecule has 2 rings (SSSR count). The van der Waals surface area contributed by atoms with Crippen LogP contribution in [0.3, 0.4) is 0 Å². The quantitative estimate of drug-likeness (QED) is 0.662. The molecular weight excluding hydrogens is 392 g/mol. The maximum Gasteiger partial charge on any atom is 0.421 e. The normalized spacial score (nSPS) is 13.8. The van der Waals surface area contributed by atoms with Crippen LogP contribution in [0, 0.1) is 0 Å². The van der Waals surface area contributed by atoms with E-state index in [2.05, 4.69) is 10.6 Å². The minimum atomic E-state index is -4.92. The number of carbonyl (C=O) groups excluding carboxylic acids is 1. The molecule has 0 aromatic heterocycles. The number of anilines is 1. The second-order valence-electron chi connectivity index (χ2n) is 5.68. The maximum absolute atomic E-state index is 12.9. The van der Waals surface area contributed by atoms with Crippen LogP contribution >= 0.6 is 23.2 Å². The minimum Gasteiger partial charge on any atom is -0.376 e. The summed E-state index contributed by atoms with van der Waals surface area (Å²) in [5, 5.41) is 14.2. The standard InChI is InChI=1S/C17H15Cl2F3N2O2/c1-16(26,17(20,21)22)11-7-12(18)14(13(19)8-11)24-15(25)23-9-10-5-3-2-4-6-10/h2-8,26H,9H2,1H3,(H2,23,24,25). The number of rotatable bonds is 4. The van der Waals surface area contributed by atoms with Gasteiger partial charge in [0.05, 0.1) is 15.7 Å². The second-order valence-corrected chi connectivity index (χ2v) is 6.49. The molecule has 0 spiro atoms. The zero-order valence-electron chi connectivity index (χ0n) is 13.5. The van der Waals surface area contributed by atoms with E-state index >= 15 is 0 Å². The summed E-state index contributed by atoms with van der Waals surface area (Å²) in [7, 11) is 0. The molecule has 1 unspecified atom stereocenters. The van der Waals surface area contributed by atoms with E-state index in [0.717, 1.165) is 17.7 Å². The van der Waals surface area contributed by atoms with E-state index in [-0.39, 0.29) is 22.3 Å². The first kappa shape index (κ1) is 20.4. The van der Waals surface area contributed by atoms with Crippen LogP contribution in [0.5, 0.6) is 0 Å². The molecule has 0 saturated carbocycles. The SMILES string of the molecule is CC(O)(c1cc(Cl)c(NC(=O)NCc2ccccc2)c(Cl)c1)C(F)(F)F. The molecule has 9 heteroatoms. The van der Waals surface area contributed by atoms with Crippen LogP contribution < -0.4 is 10.6 Å². The summed E-state index contributed by atoms with van der Waals surface area (Å²) < 4.78 is 38.8. The van der Waals surface area contributed by atoms with Crippen LogP contribution in [-0.2, 0) is 12.1 Å². The summed E-state index contributed by atoms with van der Waals surface area (Å²) in [6, 6.07) is 10.3. The summed E-state index contributed by atoms with van der Waals surface area (Å²) in [6.07, 6.45) is -4.92. The molecule has 1 atom stereocenters. The Morgan fingerprint density at radius 3 is 2.15 bits per heavy atom. The lowest BCUT2D eigenvalue weighted by Crippen LogP contribution is -2.39. The summed E-state index contributed by atoms with van der Waals surface area (Å²) >= 11 is 11.9. The van der Waals surface area contributed by atoms with Gasteiger partial charge in [-0.25, -0.2) is 4.79 Å². The van der Waals surface area contributed by atoms with Gasteiger partial charge in [0.25, 0.3) is 0 Å². The smallest absolute Gasteiger partial charge is 0.376 e. The summed E-state index contributed by atoms with van der Waals surface area (Å²) in [5.74, 6) is 0. The van der Waals surface area contributed by atoms with Gasteiger partial charge in [-0.2, -0.15) is 13.2 Å². The zero-order chi connectivity index (χ0) is 19.5. The number of benzene rings is 2. The van der Waals surface area contributed by atoms with Crippen molar-refractivity contribution >= 4 is 34.9 Å². The van der Waals surface area contributed by atoms with E-state index in [0.29, 0.717) is 6.92 Å². The molecule has 26 heavy (non-hydrogen) atoms. The first-order valence-electron chi connectivity index (χ1n) is 7.40. The van der Waals surface area contributed by atoms with Crippen LogP contribution in [-0.4, -0.2) is 17.3 Å². The minimum absolute atomic E-state index is 0.0550. The van der Waals surface area contributed by atoms with E-state index in [1.807, 2.05) is 30.3 Å². The number of halogens is 5. The molecule has 3 N–H and O–H groups in total. The van der Waals surface area contributed by atoms with Gasteiger partial charge in [-0.05, 0) is 30.2 Å². The Hall–Kier alpha value is -1.96.